The number of carbonyl (C=O) groups is 1. The highest BCUT2D eigenvalue weighted by atomic mass is 32.2. The maximum absolute atomic E-state index is 13.0. The minimum absolute atomic E-state index is 0.324. The second-order valence-electron chi connectivity index (χ2n) is 5.28. The van der Waals surface area contributed by atoms with Crippen LogP contribution in [0.2, 0.25) is 0 Å². The summed E-state index contributed by atoms with van der Waals surface area (Å²) in [4.78, 5) is 11.0. The summed E-state index contributed by atoms with van der Waals surface area (Å²) < 4.78 is 63.4. The number of halogens is 3. The van der Waals surface area contributed by atoms with E-state index in [1.807, 2.05) is 0 Å². The van der Waals surface area contributed by atoms with Crippen LogP contribution in [0.15, 0.2) is 23.1 Å². The van der Waals surface area contributed by atoms with E-state index in [-0.39, 0.29) is 5.69 Å². The van der Waals surface area contributed by atoms with Crippen LogP contribution in [0, 0.1) is 5.41 Å². The zero-order valence-corrected chi connectivity index (χ0v) is 11.5. The third kappa shape index (κ3) is 2.39. The molecule has 0 atom stereocenters. The van der Waals surface area contributed by atoms with E-state index in [4.69, 9.17) is 0 Å². The van der Waals surface area contributed by atoms with Gasteiger partial charge in [0.25, 0.3) is 0 Å². The molecule has 0 radical (unpaired) electrons. The topological polar surface area (TPSA) is 63.2 Å². The first-order chi connectivity index (χ1) is 8.95. The molecule has 0 bridgehead atoms. The summed E-state index contributed by atoms with van der Waals surface area (Å²) in [6.45, 7) is 2.75. The van der Waals surface area contributed by atoms with E-state index in [0.717, 1.165) is 12.1 Å². The number of amides is 1. The fourth-order valence-electron chi connectivity index (χ4n) is 2.10. The predicted octanol–water partition coefficient (Wildman–Crippen LogP) is 2.46. The Labute approximate surface area is 113 Å². The standard InChI is InChI=1S/C12H12F3NO3S/c1-11(2)6-20(18,19)9-7(12(13,14)15)4-3-5-8(9)16-10(11)17/h3-5H,6H2,1-2H3,(H,16,17). The van der Waals surface area contributed by atoms with Gasteiger partial charge in [-0.3, -0.25) is 4.79 Å². The molecular weight excluding hydrogens is 295 g/mol. The molecule has 0 unspecified atom stereocenters. The Morgan fingerprint density at radius 3 is 2.40 bits per heavy atom. The van der Waals surface area contributed by atoms with Crippen molar-refractivity contribution in [2.24, 2.45) is 5.41 Å². The van der Waals surface area contributed by atoms with E-state index in [1.165, 1.54) is 13.8 Å². The van der Waals surface area contributed by atoms with Crippen molar-refractivity contribution >= 4 is 21.4 Å². The highest BCUT2D eigenvalue weighted by molar-refractivity contribution is 7.91. The van der Waals surface area contributed by atoms with E-state index in [1.54, 1.807) is 0 Å². The SMILES string of the molecule is CC1(C)CS(=O)(=O)c2c(cccc2C(F)(F)F)NC1=O. The third-order valence-corrected chi connectivity index (χ3v) is 5.21. The van der Waals surface area contributed by atoms with Crippen molar-refractivity contribution in [3.8, 4) is 0 Å². The van der Waals surface area contributed by atoms with Crippen molar-refractivity contribution in [2.45, 2.75) is 24.9 Å². The molecule has 1 N–H and O–H groups in total. The van der Waals surface area contributed by atoms with Gasteiger partial charge in [-0.05, 0) is 12.1 Å². The first-order valence-electron chi connectivity index (χ1n) is 5.69. The molecule has 110 valence electrons. The monoisotopic (exact) mass is 307 g/mol. The number of hydrogen-bond acceptors (Lipinski definition) is 3. The first kappa shape index (κ1) is 14.8. The Bertz CT molecular complexity index is 678. The number of benzene rings is 1. The number of fused-ring (bicyclic) bond motifs is 1. The Balaban J connectivity index is 2.79. The molecule has 0 saturated heterocycles. The Morgan fingerprint density at radius 1 is 1.25 bits per heavy atom. The summed E-state index contributed by atoms with van der Waals surface area (Å²) in [6, 6.07) is 2.91. The van der Waals surface area contributed by atoms with Crippen LogP contribution in [0.4, 0.5) is 18.9 Å². The van der Waals surface area contributed by atoms with Gasteiger partial charge < -0.3 is 5.32 Å². The Morgan fingerprint density at radius 2 is 1.85 bits per heavy atom. The molecule has 20 heavy (non-hydrogen) atoms. The number of alkyl halides is 3. The van der Waals surface area contributed by atoms with Gasteiger partial charge in [-0.15, -0.1) is 0 Å². The molecule has 4 nitrogen and oxygen atoms in total. The normalized spacial score (nSPS) is 20.8. The summed E-state index contributed by atoms with van der Waals surface area (Å²) in [5.74, 6) is -1.30. The quantitative estimate of drug-likeness (QED) is 0.801. The van der Waals surface area contributed by atoms with Crippen LogP contribution in [-0.4, -0.2) is 20.1 Å². The number of hydrogen-bond donors (Lipinski definition) is 1. The fraction of sp³-hybridized carbons (Fsp3) is 0.417. The zero-order chi connectivity index (χ0) is 15.3. The van der Waals surface area contributed by atoms with Crippen molar-refractivity contribution in [1.29, 1.82) is 0 Å². The lowest BCUT2D eigenvalue weighted by atomic mass is 9.95. The highest BCUT2D eigenvalue weighted by Crippen LogP contribution is 2.41. The lowest BCUT2D eigenvalue weighted by molar-refractivity contribution is -0.139. The van der Waals surface area contributed by atoms with Gasteiger partial charge in [-0.25, -0.2) is 8.42 Å². The summed E-state index contributed by atoms with van der Waals surface area (Å²) >= 11 is 0. The summed E-state index contributed by atoms with van der Waals surface area (Å²) in [5.41, 5.74) is -2.89. The third-order valence-electron chi connectivity index (χ3n) is 3.05. The van der Waals surface area contributed by atoms with Crippen molar-refractivity contribution in [3.05, 3.63) is 23.8 Å². The number of rotatable bonds is 0. The number of anilines is 1. The maximum Gasteiger partial charge on any atom is 0.417 e. The summed E-state index contributed by atoms with van der Waals surface area (Å²) in [6.07, 6.45) is -4.81. The van der Waals surface area contributed by atoms with Crippen molar-refractivity contribution < 1.29 is 26.4 Å². The fourth-order valence-corrected chi connectivity index (χ4v) is 4.30. The van der Waals surface area contributed by atoms with Crippen LogP contribution in [-0.2, 0) is 20.8 Å². The average Bonchev–Trinajstić information content (AvgIpc) is 2.31. The van der Waals surface area contributed by atoms with E-state index < -0.39 is 43.5 Å². The van der Waals surface area contributed by atoms with Crippen LogP contribution in [0.25, 0.3) is 0 Å². The molecule has 1 aliphatic rings. The van der Waals surface area contributed by atoms with E-state index in [0.29, 0.717) is 6.07 Å². The van der Waals surface area contributed by atoms with Gasteiger partial charge in [-0.2, -0.15) is 13.2 Å². The van der Waals surface area contributed by atoms with Gasteiger partial charge in [0, 0.05) is 0 Å². The van der Waals surface area contributed by atoms with E-state index in [9.17, 15) is 26.4 Å². The number of carbonyl (C=O) groups excluding carboxylic acids is 1. The highest BCUT2D eigenvalue weighted by Gasteiger charge is 2.44. The largest absolute Gasteiger partial charge is 0.417 e. The molecule has 0 saturated carbocycles. The molecule has 8 heteroatoms. The summed E-state index contributed by atoms with van der Waals surface area (Å²) in [5, 5.41) is 2.26. The average molecular weight is 307 g/mol. The minimum Gasteiger partial charge on any atom is -0.324 e. The molecule has 0 fully saturated rings. The van der Waals surface area contributed by atoms with Gasteiger partial charge in [0.05, 0.1) is 22.4 Å². The molecule has 1 heterocycles. The smallest absolute Gasteiger partial charge is 0.324 e. The van der Waals surface area contributed by atoms with Crippen LogP contribution >= 0.6 is 0 Å². The van der Waals surface area contributed by atoms with Gasteiger partial charge in [-0.1, -0.05) is 19.9 Å². The zero-order valence-electron chi connectivity index (χ0n) is 10.7. The summed E-state index contributed by atoms with van der Waals surface area (Å²) in [7, 11) is -4.24. The molecule has 1 aromatic rings. The molecule has 1 aromatic carbocycles. The molecule has 0 aromatic heterocycles. The van der Waals surface area contributed by atoms with Crippen LogP contribution < -0.4 is 5.32 Å². The maximum atomic E-state index is 13.0. The second kappa shape index (κ2) is 4.21. The van der Waals surface area contributed by atoms with E-state index >= 15 is 0 Å². The Hall–Kier alpha value is -1.57. The Kier molecular flexibility index (Phi) is 3.12. The van der Waals surface area contributed by atoms with Gasteiger partial charge in [0.2, 0.25) is 5.91 Å². The second-order valence-corrected chi connectivity index (χ2v) is 7.20. The van der Waals surface area contributed by atoms with Gasteiger partial charge in [0.1, 0.15) is 4.90 Å². The van der Waals surface area contributed by atoms with Crippen molar-refractivity contribution in [3.63, 3.8) is 0 Å². The molecule has 1 aliphatic heterocycles. The first-order valence-corrected chi connectivity index (χ1v) is 7.35. The lowest BCUT2D eigenvalue weighted by Crippen LogP contribution is -2.34. The van der Waals surface area contributed by atoms with Crippen LogP contribution in [0.1, 0.15) is 19.4 Å². The van der Waals surface area contributed by atoms with Crippen LogP contribution in [0.3, 0.4) is 0 Å². The van der Waals surface area contributed by atoms with Crippen LogP contribution in [0.5, 0.6) is 0 Å². The number of nitrogens with one attached hydrogen (secondary N) is 1. The van der Waals surface area contributed by atoms with Gasteiger partial charge in [0.15, 0.2) is 9.84 Å². The molecule has 0 aliphatic carbocycles. The lowest BCUT2D eigenvalue weighted by Gasteiger charge is -2.19. The van der Waals surface area contributed by atoms with Crippen molar-refractivity contribution in [1.82, 2.24) is 0 Å². The molecular formula is C12H12F3NO3S. The molecule has 1 amide bonds. The molecule has 2 rings (SSSR count). The van der Waals surface area contributed by atoms with E-state index in [2.05, 4.69) is 5.32 Å². The number of sulfone groups is 1. The predicted molar refractivity (Wildman–Crippen MR) is 65.9 cm³/mol. The molecule has 0 spiro atoms. The minimum atomic E-state index is -4.81. The van der Waals surface area contributed by atoms with Gasteiger partial charge >= 0.3 is 6.18 Å². The van der Waals surface area contributed by atoms with Crippen molar-refractivity contribution in [2.75, 3.05) is 11.1 Å².